The molecule has 3 unspecified atom stereocenters. The molecule has 2 heteroatoms. The van der Waals surface area contributed by atoms with Crippen molar-refractivity contribution >= 4 is 0 Å². The summed E-state index contributed by atoms with van der Waals surface area (Å²) < 4.78 is 0. The van der Waals surface area contributed by atoms with Gasteiger partial charge in [0, 0.05) is 18.6 Å². The third-order valence-corrected chi connectivity index (χ3v) is 5.27. The molecule has 0 aromatic carbocycles. The van der Waals surface area contributed by atoms with Gasteiger partial charge in [0.15, 0.2) is 0 Å². The van der Waals surface area contributed by atoms with E-state index < -0.39 is 0 Å². The Morgan fingerprint density at radius 1 is 1.10 bits per heavy atom. The number of rotatable bonds is 8. The standard InChI is InChI=1S/C18H38N2/c1-6-7-8-11-20(15(4)5)13-17-12-16(14(2)3)9-10-18(17)19/h14-18H,6-13,19H2,1-5H3. The van der Waals surface area contributed by atoms with Crippen LogP contribution in [0.3, 0.4) is 0 Å². The first kappa shape index (κ1) is 18.0. The average Bonchev–Trinajstić information content (AvgIpc) is 2.39. The lowest BCUT2D eigenvalue weighted by atomic mass is 9.73. The van der Waals surface area contributed by atoms with E-state index in [-0.39, 0.29) is 0 Å². The molecule has 0 aromatic heterocycles. The molecule has 0 bridgehead atoms. The van der Waals surface area contributed by atoms with Crippen molar-refractivity contribution in [1.29, 1.82) is 0 Å². The Hall–Kier alpha value is -0.0800. The molecule has 1 aliphatic rings. The number of hydrogen-bond acceptors (Lipinski definition) is 2. The van der Waals surface area contributed by atoms with E-state index in [9.17, 15) is 0 Å². The van der Waals surface area contributed by atoms with E-state index in [1.165, 1.54) is 51.6 Å². The van der Waals surface area contributed by atoms with Crippen LogP contribution in [0.15, 0.2) is 0 Å². The SMILES string of the molecule is CCCCCN(CC1CC(C(C)C)CCC1N)C(C)C. The van der Waals surface area contributed by atoms with Crippen molar-refractivity contribution in [2.45, 2.75) is 85.2 Å². The minimum atomic E-state index is 0.428. The van der Waals surface area contributed by atoms with Crippen LogP contribution in [-0.2, 0) is 0 Å². The largest absolute Gasteiger partial charge is 0.327 e. The van der Waals surface area contributed by atoms with Gasteiger partial charge in [-0.15, -0.1) is 0 Å². The van der Waals surface area contributed by atoms with Gasteiger partial charge in [0.25, 0.3) is 0 Å². The number of nitrogens with two attached hydrogens (primary N) is 1. The third kappa shape index (κ3) is 5.73. The second kappa shape index (κ2) is 9.04. The number of unbranched alkanes of at least 4 members (excludes halogenated alkanes) is 2. The van der Waals surface area contributed by atoms with Crippen molar-refractivity contribution in [3.63, 3.8) is 0 Å². The summed E-state index contributed by atoms with van der Waals surface area (Å²) in [6, 6.07) is 1.08. The molecule has 120 valence electrons. The van der Waals surface area contributed by atoms with Gasteiger partial charge in [-0.25, -0.2) is 0 Å². The molecule has 2 nitrogen and oxygen atoms in total. The Kier molecular flexibility index (Phi) is 8.13. The molecule has 2 N–H and O–H groups in total. The summed E-state index contributed by atoms with van der Waals surface area (Å²) in [6.07, 6.45) is 7.92. The third-order valence-electron chi connectivity index (χ3n) is 5.27. The van der Waals surface area contributed by atoms with Crippen molar-refractivity contribution in [3.8, 4) is 0 Å². The molecule has 0 saturated heterocycles. The van der Waals surface area contributed by atoms with E-state index in [0.717, 1.165) is 11.8 Å². The molecule has 0 heterocycles. The maximum Gasteiger partial charge on any atom is 0.00795 e. The second-order valence-electron chi connectivity index (χ2n) is 7.54. The van der Waals surface area contributed by atoms with Crippen LogP contribution in [0.1, 0.15) is 73.1 Å². The highest BCUT2D eigenvalue weighted by atomic mass is 15.1. The summed E-state index contributed by atoms with van der Waals surface area (Å²) >= 11 is 0. The maximum absolute atomic E-state index is 6.42. The van der Waals surface area contributed by atoms with Gasteiger partial charge in [-0.1, -0.05) is 33.6 Å². The topological polar surface area (TPSA) is 29.3 Å². The Bertz CT molecular complexity index is 250. The van der Waals surface area contributed by atoms with E-state index in [4.69, 9.17) is 5.73 Å². The molecule has 0 amide bonds. The minimum absolute atomic E-state index is 0.428. The van der Waals surface area contributed by atoms with E-state index in [2.05, 4.69) is 39.5 Å². The zero-order chi connectivity index (χ0) is 15.1. The molecule has 0 aliphatic heterocycles. The normalized spacial score (nSPS) is 27.8. The van der Waals surface area contributed by atoms with E-state index in [0.29, 0.717) is 18.0 Å². The van der Waals surface area contributed by atoms with E-state index in [1.54, 1.807) is 0 Å². The van der Waals surface area contributed by atoms with E-state index >= 15 is 0 Å². The molecular formula is C18H38N2. The van der Waals surface area contributed by atoms with Crippen molar-refractivity contribution in [1.82, 2.24) is 4.90 Å². The Morgan fingerprint density at radius 3 is 2.35 bits per heavy atom. The summed E-state index contributed by atoms with van der Waals surface area (Å²) in [6.45, 7) is 14.2. The molecule has 0 radical (unpaired) electrons. The molecule has 1 aliphatic carbocycles. The minimum Gasteiger partial charge on any atom is -0.327 e. The molecule has 1 saturated carbocycles. The molecule has 1 rings (SSSR count). The van der Waals surface area contributed by atoms with Crippen LogP contribution in [0.5, 0.6) is 0 Å². The fourth-order valence-corrected chi connectivity index (χ4v) is 3.57. The van der Waals surface area contributed by atoms with Gasteiger partial charge < -0.3 is 10.6 Å². The second-order valence-corrected chi connectivity index (χ2v) is 7.54. The lowest BCUT2D eigenvalue weighted by molar-refractivity contribution is 0.117. The quantitative estimate of drug-likeness (QED) is 0.673. The van der Waals surface area contributed by atoms with Crippen LogP contribution < -0.4 is 5.73 Å². The maximum atomic E-state index is 6.42. The first-order chi connectivity index (χ1) is 9.45. The van der Waals surface area contributed by atoms with Gasteiger partial charge in [0.05, 0.1) is 0 Å². The molecule has 3 atom stereocenters. The number of nitrogens with zero attached hydrogens (tertiary/aromatic N) is 1. The smallest absolute Gasteiger partial charge is 0.00795 e. The summed E-state index contributed by atoms with van der Waals surface area (Å²) in [5.41, 5.74) is 6.42. The Labute approximate surface area is 127 Å². The van der Waals surface area contributed by atoms with Gasteiger partial charge in [0.1, 0.15) is 0 Å². The average molecular weight is 283 g/mol. The Morgan fingerprint density at radius 2 is 1.80 bits per heavy atom. The fraction of sp³-hybridized carbons (Fsp3) is 1.00. The lowest BCUT2D eigenvalue weighted by Gasteiger charge is -2.40. The zero-order valence-corrected chi connectivity index (χ0v) is 14.6. The van der Waals surface area contributed by atoms with E-state index in [1.807, 2.05) is 0 Å². The highest BCUT2D eigenvalue weighted by molar-refractivity contribution is 4.86. The van der Waals surface area contributed by atoms with Crippen molar-refractivity contribution in [3.05, 3.63) is 0 Å². The van der Waals surface area contributed by atoms with Crippen LogP contribution in [0.25, 0.3) is 0 Å². The highest BCUT2D eigenvalue weighted by Gasteiger charge is 2.31. The van der Waals surface area contributed by atoms with Crippen LogP contribution >= 0.6 is 0 Å². The lowest BCUT2D eigenvalue weighted by Crippen LogP contribution is -2.46. The predicted octanol–water partition coefficient (Wildman–Crippen LogP) is 4.29. The molecule has 0 aromatic rings. The summed E-state index contributed by atoms with van der Waals surface area (Å²) in [4.78, 5) is 2.67. The van der Waals surface area contributed by atoms with Crippen LogP contribution in [0, 0.1) is 17.8 Å². The van der Waals surface area contributed by atoms with Crippen molar-refractivity contribution < 1.29 is 0 Å². The summed E-state index contributed by atoms with van der Waals surface area (Å²) in [5, 5.41) is 0. The molecular weight excluding hydrogens is 244 g/mol. The fourth-order valence-electron chi connectivity index (χ4n) is 3.57. The molecule has 20 heavy (non-hydrogen) atoms. The zero-order valence-electron chi connectivity index (χ0n) is 14.6. The highest BCUT2D eigenvalue weighted by Crippen LogP contribution is 2.33. The first-order valence-corrected chi connectivity index (χ1v) is 8.95. The van der Waals surface area contributed by atoms with Crippen molar-refractivity contribution in [2.24, 2.45) is 23.5 Å². The summed E-state index contributed by atoms with van der Waals surface area (Å²) in [7, 11) is 0. The van der Waals surface area contributed by atoms with Gasteiger partial charge in [-0.2, -0.15) is 0 Å². The first-order valence-electron chi connectivity index (χ1n) is 8.95. The van der Waals surface area contributed by atoms with Crippen molar-refractivity contribution in [2.75, 3.05) is 13.1 Å². The van der Waals surface area contributed by atoms with Crippen LogP contribution in [0.2, 0.25) is 0 Å². The monoisotopic (exact) mass is 282 g/mol. The van der Waals surface area contributed by atoms with Crippen LogP contribution in [0.4, 0.5) is 0 Å². The Balaban J connectivity index is 2.51. The number of hydrogen-bond donors (Lipinski definition) is 1. The predicted molar refractivity (Wildman–Crippen MR) is 89.9 cm³/mol. The summed E-state index contributed by atoms with van der Waals surface area (Å²) in [5.74, 6) is 2.42. The molecule has 0 spiro atoms. The van der Waals surface area contributed by atoms with Crippen LogP contribution in [-0.4, -0.2) is 30.1 Å². The van der Waals surface area contributed by atoms with Gasteiger partial charge in [-0.3, -0.25) is 0 Å². The van der Waals surface area contributed by atoms with Gasteiger partial charge in [0.2, 0.25) is 0 Å². The molecule has 1 fully saturated rings. The van der Waals surface area contributed by atoms with Gasteiger partial charge in [-0.05, 0) is 63.8 Å². The van der Waals surface area contributed by atoms with Gasteiger partial charge >= 0.3 is 0 Å².